The van der Waals surface area contributed by atoms with Gasteiger partial charge in [0.1, 0.15) is 16.9 Å². The summed E-state index contributed by atoms with van der Waals surface area (Å²) in [5, 5.41) is 0. The molecule has 3 saturated heterocycles. The van der Waals surface area contributed by atoms with Crippen molar-refractivity contribution in [1.82, 2.24) is 23.6 Å². The molecule has 0 saturated carbocycles. The van der Waals surface area contributed by atoms with E-state index >= 15 is 0 Å². The lowest BCUT2D eigenvalue weighted by Crippen LogP contribution is -2.43. The van der Waals surface area contributed by atoms with E-state index in [0.29, 0.717) is 12.0 Å². The van der Waals surface area contributed by atoms with Crippen LogP contribution >= 0.6 is 11.7 Å². The van der Waals surface area contributed by atoms with Gasteiger partial charge in [-0.05, 0) is 36.5 Å². The lowest BCUT2D eigenvalue weighted by molar-refractivity contribution is 0.126. The first-order valence-corrected chi connectivity index (χ1v) is 9.54. The van der Waals surface area contributed by atoms with Gasteiger partial charge in [0.15, 0.2) is 0 Å². The Morgan fingerprint density at radius 1 is 1.04 bits per heavy atom. The molecule has 2 unspecified atom stereocenters. The van der Waals surface area contributed by atoms with E-state index in [4.69, 9.17) is 0 Å². The predicted molar refractivity (Wildman–Crippen MR) is 98.6 cm³/mol. The molecule has 6 nitrogen and oxygen atoms in total. The molecule has 2 bridgehead atoms. The lowest BCUT2D eigenvalue weighted by atomic mass is 9.94. The zero-order chi connectivity index (χ0) is 16.6. The maximum atomic E-state index is 4.51. The summed E-state index contributed by atoms with van der Waals surface area (Å²) in [5.41, 5.74) is 3.35. The molecule has 25 heavy (non-hydrogen) atoms. The van der Waals surface area contributed by atoms with Crippen molar-refractivity contribution in [3.8, 4) is 0 Å². The van der Waals surface area contributed by atoms with Gasteiger partial charge in [-0.15, -0.1) is 0 Å². The monoisotopic (exact) mass is 352 g/mol. The summed E-state index contributed by atoms with van der Waals surface area (Å²) in [7, 11) is 0. The highest BCUT2D eigenvalue weighted by Crippen LogP contribution is 2.31. The molecule has 128 valence electrons. The standard InChI is InChI=1S/C18H20N6S/c1-3-15-12-24(18-8-19-5-6-20-18)11-14(1)10-23(15)9-13-2-4-16-17(7-13)22-25-21-16/h2,4-8,14-15H,1,3,9-12H2. The molecule has 2 atom stereocenters. The smallest absolute Gasteiger partial charge is 0.147 e. The van der Waals surface area contributed by atoms with Crippen LogP contribution in [0.4, 0.5) is 5.82 Å². The summed E-state index contributed by atoms with van der Waals surface area (Å²) in [6.45, 7) is 4.27. The average molecular weight is 352 g/mol. The first kappa shape index (κ1) is 15.2. The van der Waals surface area contributed by atoms with Gasteiger partial charge < -0.3 is 4.90 Å². The second kappa shape index (κ2) is 6.31. The SMILES string of the molecule is c1cnc(N2CC3CCC(C2)N(Cc2ccc4nsnc4c2)C3)cn1. The minimum absolute atomic E-state index is 0.574. The maximum absolute atomic E-state index is 4.51. The summed E-state index contributed by atoms with van der Waals surface area (Å²) in [6, 6.07) is 7.06. The van der Waals surface area contributed by atoms with Crippen LogP contribution in [0.25, 0.3) is 11.0 Å². The Hall–Kier alpha value is -2.12. The van der Waals surface area contributed by atoms with Crippen molar-refractivity contribution in [3.63, 3.8) is 0 Å². The van der Waals surface area contributed by atoms with Gasteiger partial charge in [0, 0.05) is 44.6 Å². The summed E-state index contributed by atoms with van der Waals surface area (Å²) in [5.74, 6) is 1.71. The molecule has 1 aromatic carbocycles. The zero-order valence-corrected chi connectivity index (χ0v) is 14.8. The topological polar surface area (TPSA) is 58.0 Å². The van der Waals surface area contributed by atoms with Crippen molar-refractivity contribution in [2.24, 2.45) is 5.92 Å². The molecule has 0 spiro atoms. The van der Waals surface area contributed by atoms with E-state index < -0.39 is 0 Å². The second-order valence-electron chi connectivity index (χ2n) is 7.08. The molecule has 3 aliphatic rings. The Bertz CT molecular complexity index is 866. The molecule has 0 amide bonds. The normalized spacial score (nSPS) is 23.9. The fourth-order valence-electron chi connectivity index (χ4n) is 4.17. The first-order valence-electron chi connectivity index (χ1n) is 8.81. The predicted octanol–water partition coefficient (Wildman–Crippen LogP) is 2.58. The van der Waals surface area contributed by atoms with Gasteiger partial charge in [-0.25, -0.2) is 4.98 Å². The quantitative estimate of drug-likeness (QED) is 0.722. The minimum Gasteiger partial charge on any atom is -0.353 e. The van der Waals surface area contributed by atoms with Crippen molar-refractivity contribution in [2.45, 2.75) is 25.4 Å². The molecule has 3 aliphatic heterocycles. The summed E-state index contributed by atoms with van der Waals surface area (Å²) >= 11 is 1.29. The zero-order valence-electron chi connectivity index (χ0n) is 14.0. The van der Waals surface area contributed by atoms with Crippen molar-refractivity contribution in [2.75, 3.05) is 24.5 Å². The highest BCUT2D eigenvalue weighted by atomic mass is 32.1. The van der Waals surface area contributed by atoms with Gasteiger partial charge in [-0.2, -0.15) is 8.75 Å². The Kier molecular flexibility index (Phi) is 3.83. The van der Waals surface area contributed by atoms with E-state index in [9.17, 15) is 0 Å². The van der Waals surface area contributed by atoms with Crippen molar-refractivity contribution >= 4 is 28.6 Å². The van der Waals surface area contributed by atoms with Crippen LogP contribution in [0.1, 0.15) is 18.4 Å². The average Bonchev–Trinajstić information content (AvgIpc) is 2.93. The Balaban J connectivity index is 1.36. The maximum Gasteiger partial charge on any atom is 0.147 e. The number of fused-ring (bicyclic) bond motifs is 5. The number of hydrogen-bond acceptors (Lipinski definition) is 7. The van der Waals surface area contributed by atoms with Gasteiger partial charge in [0.05, 0.1) is 17.9 Å². The van der Waals surface area contributed by atoms with Crippen LogP contribution in [-0.2, 0) is 6.54 Å². The molecule has 0 aliphatic carbocycles. The molecule has 3 fully saturated rings. The van der Waals surface area contributed by atoms with Gasteiger partial charge in [-0.1, -0.05) is 6.07 Å². The molecular formula is C18H20N6S. The fraction of sp³-hybridized carbons (Fsp3) is 0.444. The molecule has 3 aromatic rings. The van der Waals surface area contributed by atoms with Crippen molar-refractivity contribution in [3.05, 3.63) is 42.4 Å². The highest BCUT2D eigenvalue weighted by Gasteiger charge is 2.35. The number of piperidine rings is 1. The van der Waals surface area contributed by atoms with Crippen LogP contribution < -0.4 is 4.90 Å². The van der Waals surface area contributed by atoms with E-state index in [2.05, 4.69) is 46.7 Å². The molecule has 0 N–H and O–H groups in total. The van der Waals surface area contributed by atoms with Crippen LogP contribution in [0.2, 0.25) is 0 Å². The molecular weight excluding hydrogens is 332 g/mol. The number of rotatable bonds is 3. The summed E-state index contributed by atoms with van der Waals surface area (Å²) in [6.07, 6.45) is 8.00. The molecule has 2 aromatic heterocycles. The Morgan fingerprint density at radius 2 is 2.00 bits per heavy atom. The van der Waals surface area contributed by atoms with E-state index in [1.54, 1.807) is 12.4 Å². The van der Waals surface area contributed by atoms with E-state index in [-0.39, 0.29) is 0 Å². The molecule has 0 radical (unpaired) electrons. The van der Waals surface area contributed by atoms with E-state index in [1.165, 1.54) is 30.1 Å². The van der Waals surface area contributed by atoms with Crippen LogP contribution in [0, 0.1) is 5.92 Å². The fourth-order valence-corrected chi connectivity index (χ4v) is 4.69. The van der Waals surface area contributed by atoms with Crippen molar-refractivity contribution < 1.29 is 0 Å². The third-order valence-electron chi connectivity index (χ3n) is 5.40. The lowest BCUT2D eigenvalue weighted by Gasteiger charge is -2.36. The first-order chi connectivity index (χ1) is 12.3. The third-order valence-corrected chi connectivity index (χ3v) is 5.96. The summed E-state index contributed by atoms with van der Waals surface area (Å²) < 4.78 is 8.68. The number of anilines is 1. The van der Waals surface area contributed by atoms with E-state index in [0.717, 1.165) is 43.0 Å². The second-order valence-corrected chi connectivity index (χ2v) is 7.61. The number of benzene rings is 1. The van der Waals surface area contributed by atoms with Crippen LogP contribution in [-0.4, -0.2) is 49.3 Å². The van der Waals surface area contributed by atoms with Gasteiger partial charge in [0.2, 0.25) is 0 Å². The summed E-state index contributed by atoms with van der Waals surface area (Å²) in [4.78, 5) is 13.8. The minimum atomic E-state index is 0.574. The van der Waals surface area contributed by atoms with Crippen LogP contribution in [0.5, 0.6) is 0 Å². The molecule has 6 rings (SSSR count). The van der Waals surface area contributed by atoms with Gasteiger partial charge in [-0.3, -0.25) is 9.88 Å². The van der Waals surface area contributed by atoms with Crippen LogP contribution in [0.3, 0.4) is 0 Å². The molecule has 5 heterocycles. The number of nitrogens with zero attached hydrogens (tertiary/aromatic N) is 6. The molecule has 7 heteroatoms. The number of hydrogen-bond donors (Lipinski definition) is 0. The van der Waals surface area contributed by atoms with Gasteiger partial charge in [0.25, 0.3) is 0 Å². The van der Waals surface area contributed by atoms with Gasteiger partial charge >= 0.3 is 0 Å². The Morgan fingerprint density at radius 3 is 2.92 bits per heavy atom. The Labute approximate surface area is 150 Å². The largest absolute Gasteiger partial charge is 0.353 e. The van der Waals surface area contributed by atoms with Crippen LogP contribution in [0.15, 0.2) is 36.8 Å². The number of aromatic nitrogens is 4. The highest BCUT2D eigenvalue weighted by molar-refractivity contribution is 7.00. The third kappa shape index (κ3) is 2.98. The van der Waals surface area contributed by atoms with E-state index in [1.807, 2.05) is 6.20 Å². The van der Waals surface area contributed by atoms with Crippen molar-refractivity contribution in [1.29, 1.82) is 0 Å².